The largest absolute Gasteiger partial charge is 0.395 e. The Hall–Kier alpha value is -1.06. The standard InChI is InChI=1S/C12H18N2O/c1-13-11(9-15)8-14-7-6-10-4-2-3-5-12(10)14/h2-5,11,13,15H,6-9H2,1H3. The van der Waals surface area contributed by atoms with Crippen molar-refractivity contribution in [1.82, 2.24) is 5.32 Å². The van der Waals surface area contributed by atoms with Crippen molar-refractivity contribution in [3.8, 4) is 0 Å². The van der Waals surface area contributed by atoms with Crippen LogP contribution < -0.4 is 10.2 Å². The van der Waals surface area contributed by atoms with Gasteiger partial charge in [-0.2, -0.15) is 0 Å². The lowest BCUT2D eigenvalue weighted by molar-refractivity contribution is 0.250. The smallest absolute Gasteiger partial charge is 0.0601 e. The first kappa shape index (κ1) is 10.5. The summed E-state index contributed by atoms with van der Waals surface area (Å²) in [5.74, 6) is 0. The number of likely N-dealkylation sites (N-methyl/N-ethyl adjacent to an activating group) is 1. The molecule has 0 saturated heterocycles. The summed E-state index contributed by atoms with van der Waals surface area (Å²) in [4.78, 5) is 2.34. The molecule has 1 aromatic rings. The van der Waals surface area contributed by atoms with Crippen LogP contribution in [0.4, 0.5) is 5.69 Å². The highest BCUT2D eigenvalue weighted by molar-refractivity contribution is 5.57. The molecule has 2 N–H and O–H groups in total. The molecule has 0 fully saturated rings. The Morgan fingerprint density at radius 3 is 3.00 bits per heavy atom. The molecule has 0 bridgehead atoms. The molecule has 15 heavy (non-hydrogen) atoms. The van der Waals surface area contributed by atoms with Crippen LogP contribution >= 0.6 is 0 Å². The van der Waals surface area contributed by atoms with Gasteiger partial charge in [-0.15, -0.1) is 0 Å². The van der Waals surface area contributed by atoms with Crippen LogP contribution in [0.3, 0.4) is 0 Å². The SMILES string of the molecule is CNC(CO)CN1CCc2ccccc21. The third-order valence-corrected chi connectivity index (χ3v) is 3.05. The molecule has 0 spiro atoms. The lowest BCUT2D eigenvalue weighted by atomic mass is 10.2. The van der Waals surface area contributed by atoms with E-state index in [2.05, 4.69) is 34.5 Å². The summed E-state index contributed by atoms with van der Waals surface area (Å²) in [6.45, 7) is 2.14. The van der Waals surface area contributed by atoms with Gasteiger partial charge in [0, 0.05) is 24.8 Å². The summed E-state index contributed by atoms with van der Waals surface area (Å²) < 4.78 is 0. The number of rotatable bonds is 4. The molecular weight excluding hydrogens is 188 g/mol. The minimum atomic E-state index is 0.163. The van der Waals surface area contributed by atoms with Crippen LogP contribution in [0, 0.1) is 0 Å². The van der Waals surface area contributed by atoms with Gasteiger partial charge in [0.2, 0.25) is 0 Å². The number of nitrogens with one attached hydrogen (secondary N) is 1. The van der Waals surface area contributed by atoms with E-state index in [1.807, 2.05) is 7.05 Å². The number of aliphatic hydroxyl groups excluding tert-OH is 1. The van der Waals surface area contributed by atoms with Crippen molar-refractivity contribution < 1.29 is 5.11 Å². The maximum atomic E-state index is 9.15. The third kappa shape index (κ3) is 2.13. The molecule has 0 aliphatic carbocycles. The Balaban J connectivity index is 2.07. The number of benzene rings is 1. The summed E-state index contributed by atoms with van der Waals surface area (Å²) in [5, 5.41) is 12.3. The monoisotopic (exact) mass is 206 g/mol. The van der Waals surface area contributed by atoms with Crippen molar-refractivity contribution in [2.75, 3.05) is 31.6 Å². The van der Waals surface area contributed by atoms with Crippen LogP contribution in [0.25, 0.3) is 0 Å². The fourth-order valence-corrected chi connectivity index (χ4v) is 2.10. The van der Waals surface area contributed by atoms with E-state index in [9.17, 15) is 0 Å². The van der Waals surface area contributed by atoms with Crippen LogP contribution in [0.5, 0.6) is 0 Å². The van der Waals surface area contributed by atoms with Gasteiger partial charge in [0.05, 0.1) is 6.61 Å². The zero-order valence-corrected chi connectivity index (χ0v) is 9.11. The predicted octanol–water partition coefficient (Wildman–Crippen LogP) is 0.629. The van der Waals surface area contributed by atoms with Gasteiger partial charge in [0.1, 0.15) is 0 Å². The molecule has 3 nitrogen and oxygen atoms in total. The third-order valence-electron chi connectivity index (χ3n) is 3.05. The van der Waals surface area contributed by atoms with E-state index in [0.29, 0.717) is 0 Å². The van der Waals surface area contributed by atoms with E-state index >= 15 is 0 Å². The molecule has 1 heterocycles. The van der Waals surface area contributed by atoms with Gasteiger partial charge in [-0.1, -0.05) is 18.2 Å². The Morgan fingerprint density at radius 1 is 1.47 bits per heavy atom. The number of nitrogens with zero attached hydrogens (tertiary/aromatic N) is 1. The number of hydrogen-bond acceptors (Lipinski definition) is 3. The Bertz CT molecular complexity index is 323. The van der Waals surface area contributed by atoms with Crippen molar-refractivity contribution in [1.29, 1.82) is 0 Å². The highest BCUT2D eigenvalue weighted by atomic mass is 16.3. The number of hydrogen-bond donors (Lipinski definition) is 2. The molecule has 0 saturated carbocycles. The average Bonchev–Trinajstić information content (AvgIpc) is 2.69. The van der Waals surface area contributed by atoms with Crippen molar-refractivity contribution in [2.45, 2.75) is 12.5 Å². The molecule has 0 radical (unpaired) electrons. The summed E-state index contributed by atoms with van der Waals surface area (Å²) >= 11 is 0. The second-order valence-electron chi connectivity index (χ2n) is 3.99. The van der Waals surface area contributed by atoms with Crippen molar-refractivity contribution in [3.05, 3.63) is 29.8 Å². The quantitative estimate of drug-likeness (QED) is 0.758. The zero-order chi connectivity index (χ0) is 10.7. The molecule has 3 heteroatoms. The van der Waals surface area contributed by atoms with Crippen LogP contribution in [0.15, 0.2) is 24.3 Å². The molecule has 2 rings (SSSR count). The normalized spacial score (nSPS) is 16.5. The van der Waals surface area contributed by atoms with E-state index in [0.717, 1.165) is 19.5 Å². The number of para-hydroxylation sites is 1. The van der Waals surface area contributed by atoms with Gasteiger partial charge in [-0.05, 0) is 25.1 Å². The number of fused-ring (bicyclic) bond motifs is 1. The Morgan fingerprint density at radius 2 is 2.27 bits per heavy atom. The van der Waals surface area contributed by atoms with Gasteiger partial charge >= 0.3 is 0 Å². The summed E-state index contributed by atoms with van der Waals surface area (Å²) in [6.07, 6.45) is 1.12. The van der Waals surface area contributed by atoms with E-state index in [-0.39, 0.29) is 12.6 Å². The van der Waals surface area contributed by atoms with E-state index < -0.39 is 0 Å². The van der Waals surface area contributed by atoms with Crippen molar-refractivity contribution >= 4 is 5.69 Å². The molecule has 1 unspecified atom stereocenters. The highest BCUT2D eigenvalue weighted by Gasteiger charge is 2.20. The predicted molar refractivity (Wildman–Crippen MR) is 62.3 cm³/mol. The van der Waals surface area contributed by atoms with Crippen LogP contribution in [0.2, 0.25) is 0 Å². The molecule has 0 amide bonds. The highest BCUT2D eigenvalue weighted by Crippen LogP contribution is 2.27. The maximum Gasteiger partial charge on any atom is 0.0601 e. The molecular formula is C12H18N2O. The van der Waals surface area contributed by atoms with Gasteiger partial charge < -0.3 is 15.3 Å². The van der Waals surface area contributed by atoms with E-state index in [1.165, 1.54) is 11.3 Å². The van der Waals surface area contributed by atoms with Crippen molar-refractivity contribution in [3.63, 3.8) is 0 Å². The minimum absolute atomic E-state index is 0.163. The molecule has 1 atom stereocenters. The van der Waals surface area contributed by atoms with Gasteiger partial charge in [0.25, 0.3) is 0 Å². The first-order valence-electron chi connectivity index (χ1n) is 5.46. The molecule has 82 valence electrons. The summed E-state index contributed by atoms with van der Waals surface area (Å²) in [7, 11) is 1.89. The second kappa shape index (κ2) is 4.64. The topological polar surface area (TPSA) is 35.5 Å². The lowest BCUT2D eigenvalue weighted by Crippen LogP contribution is -2.41. The molecule has 1 aliphatic rings. The maximum absolute atomic E-state index is 9.15. The zero-order valence-electron chi connectivity index (χ0n) is 9.11. The van der Waals surface area contributed by atoms with Gasteiger partial charge in [-0.3, -0.25) is 0 Å². The molecule has 1 aromatic carbocycles. The first-order valence-corrected chi connectivity index (χ1v) is 5.46. The van der Waals surface area contributed by atoms with E-state index in [1.54, 1.807) is 0 Å². The Labute approximate surface area is 90.7 Å². The minimum Gasteiger partial charge on any atom is -0.395 e. The van der Waals surface area contributed by atoms with Crippen LogP contribution in [-0.4, -0.2) is 37.9 Å². The summed E-state index contributed by atoms with van der Waals surface area (Å²) in [5.41, 5.74) is 2.75. The first-order chi connectivity index (χ1) is 7.35. The fraction of sp³-hybridized carbons (Fsp3) is 0.500. The van der Waals surface area contributed by atoms with Crippen LogP contribution in [-0.2, 0) is 6.42 Å². The molecule has 1 aliphatic heterocycles. The van der Waals surface area contributed by atoms with Crippen LogP contribution in [0.1, 0.15) is 5.56 Å². The summed E-state index contributed by atoms with van der Waals surface area (Å²) in [6, 6.07) is 8.67. The Kier molecular flexibility index (Phi) is 3.23. The number of aliphatic hydroxyl groups is 1. The van der Waals surface area contributed by atoms with Gasteiger partial charge in [-0.25, -0.2) is 0 Å². The van der Waals surface area contributed by atoms with E-state index in [4.69, 9.17) is 5.11 Å². The molecule has 0 aromatic heterocycles. The lowest BCUT2D eigenvalue weighted by Gasteiger charge is -2.24. The second-order valence-corrected chi connectivity index (χ2v) is 3.99. The number of anilines is 1. The average molecular weight is 206 g/mol. The van der Waals surface area contributed by atoms with Crippen molar-refractivity contribution in [2.24, 2.45) is 0 Å². The fourth-order valence-electron chi connectivity index (χ4n) is 2.10. The van der Waals surface area contributed by atoms with Gasteiger partial charge in [0.15, 0.2) is 0 Å².